The van der Waals surface area contributed by atoms with Gasteiger partial charge in [-0.15, -0.1) is 0 Å². The summed E-state index contributed by atoms with van der Waals surface area (Å²) in [6.45, 7) is 2.91. The van der Waals surface area contributed by atoms with Crippen molar-refractivity contribution in [2.45, 2.75) is 44.6 Å². The van der Waals surface area contributed by atoms with Gasteiger partial charge < -0.3 is 9.47 Å². The highest BCUT2D eigenvalue weighted by molar-refractivity contribution is 5.69. The smallest absolute Gasteiger partial charge is 0.305 e. The van der Waals surface area contributed by atoms with Crippen molar-refractivity contribution >= 4 is 5.97 Å². The fourth-order valence-corrected chi connectivity index (χ4v) is 1.66. The van der Waals surface area contributed by atoms with Gasteiger partial charge in [0.1, 0.15) is 0 Å². The average Bonchev–Trinajstić information content (AvgIpc) is 2.15. The maximum Gasteiger partial charge on any atom is 0.305 e. The van der Waals surface area contributed by atoms with E-state index in [0.717, 1.165) is 25.9 Å². The number of carbonyl (C=O) groups excluding carboxylic acids is 1. The molecule has 1 atom stereocenters. The van der Waals surface area contributed by atoms with Crippen LogP contribution in [0.3, 0.4) is 0 Å². The Morgan fingerprint density at radius 1 is 1.54 bits per heavy atom. The number of carbonyl (C=O) groups is 1. The zero-order valence-electron chi connectivity index (χ0n) is 8.47. The quantitative estimate of drug-likeness (QED) is 0.631. The van der Waals surface area contributed by atoms with Gasteiger partial charge in [-0.05, 0) is 32.6 Å². The summed E-state index contributed by atoms with van der Waals surface area (Å²) in [6.07, 6.45) is 4.65. The molecule has 1 aliphatic heterocycles. The maximum atomic E-state index is 10.9. The van der Waals surface area contributed by atoms with Gasteiger partial charge in [0.15, 0.2) is 0 Å². The van der Waals surface area contributed by atoms with Crippen molar-refractivity contribution in [3.63, 3.8) is 0 Å². The molecule has 3 nitrogen and oxygen atoms in total. The van der Waals surface area contributed by atoms with Crippen molar-refractivity contribution in [2.24, 2.45) is 0 Å². The first kappa shape index (κ1) is 10.5. The van der Waals surface area contributed by atoms with Gasteiger partial charge in [-0.3, -0.25) is 4.79 Å². The van der Waals surface area contributed by atoms with Crippen LogP contribution in [0.5, 0.6) is 0 Å². The number of hydrogen-bond acceptors (Lipinski definition) is 3. The van der Waals surface area contributed by atoms with Crippen LogP contribution in [0.15, 0.2) is 0 Å². The Kier molecular flexibility index (Phi) is 3.72. The van der Waals surface area contributed by atoms with E-state index in [1.807, 2.05) is 0 Å². The Bertz CT molecular complexity index is 171. The van der Waals surface area contributed by atoms with Crippen molar-refractivity contribution in [2.75, 3.05) is 13.7 Å². The summed E-state index contributed by atoms with van der Waals surface area (Å²) in [6, 6.07) is 0. The summed E-state index contributed by atoms with van der Waals surface area (Å²) in [4.78, 5) is 10.9. The van der Waals surface area contributed by atoms with Crippen molar-refractivity contribution in [3.05, 3.63) is 0 Å². The summed E-state index contributed by atoms with van der Waals surface area (Å²) in [5, 5.41) is 0. The second-order valence-electron chi connectivity index (χ2n) is 3.83. The third kappa shape index (κ3) is 3.35. The first-order chi connectivity index (χ1) is 6.16. The predicted octanol–water partition coefficient (Wildman–Crippen LogP) is 1.90. The molecule has 1 fully saturated rings. The highest BCUT2D eigenvalue weighted by Crippen LogP contribution is 2.28. The molecular weight excluding hydrogens is 168 g/mol. The van der Waals surface area contributed by atoms with Crippen LogP contribution in [-0.2, 0) is 14.3 Å². The number of esters is 1. The fourth-order valence-electron chi connectivity index (χ4n) is 1.66. The Hall–Kier alpha value is -0.570. The van der Waals surface area contributed by atoms with Gasteiger partial charge >= 0.3 is 5.97 Å². The third-order valence-corrected chi connectivity index (χ3v) is 2.64. The maximum absolute atomic E-state index is 10.9. The highest BCUT2D eigenvalue weighted by Gasteiger charge is 2.28. The van der Waals surface area contributed by atoms with E-state index in [4.69, 9.17) is 4.74 Å². The van der Waals surface area contributed by atoms with E-state index in [2.05, 4.69) is 11.7 Å². The molecule has 0 bridgehead atoms. The zero-order chi connectivity index (χ0) is 9.73. The zero-order valence-corrected chi connectivity index (χ0v) is 8.47. The molecule has 1 unspecified atom stereocenters. The van der Waals surface area contributed by atoms with Crippen LogP contribution in [0.25, 0.3) is 0 Å². The minimum Gasteiger partial charge on any atom is -0.469 e. The van der Waals surface area contributed by atoms with Gasteiger partial charge in [-0.25, -0.2) is 0 Å². The summed E-state index contributed by atoms with van der Waals surface area (Å²) in [7, 11) is 1.42. The van der Waals surface area contributed by atoms with Gasteiger partial charge in [-0.1, -0.05) is 0 Å². The molecule has 0 aromatic rings. The van der Waals surface area contributed by atoms with Crippen LogP contribution >= 0.6 is 0 Å². The topological polar surface area (TPSA) is 35.5 Å². The van der Waals surface area contributed by atoms with E-state index in [1.165, 1.54) is 13.5 Å². The minimum absolute atomic E-state index is 0.0908. The van der Waals surface area contributed by atoms with Crippen molar-refractivity contribution < 1.29 is 14.3 Å². The van der Waals surface area contributed by atoms with E-state index >= 15 is 0 Å². The lowest BCUT2D eigenvalue weighted by Crippen LogP contribution is -2.33. The van der Waals surface area contributed by atoms with Crippen LogP contribution in [0, 0.1) is 0 Å². The van der Waals surface area contributed by atoms with Crippen LogP contribution in [0.1, 0.15) is 39.0 Å². The Balaban J connectivity index is 2.28. The minimum atomic E-state index is -0.143. The Labute approximate surface area is 79.4 Å². The Morgan fingerprint density at radius 3 is 2.85 bits per heavy atom. The molecular formula is C10H18O3. The molecule has 0 saturated carbocycles. The second kappa shape index (κ2) is 4.61. The fraction of sp³-hybridized carbons (Fsp3) is 0.900. The normalized spacial score (nSPS) is 28.5. The molecule has 0 aliphatic carbocycles. The molecule has 1 heterocycles. The Morgan fingerprint density at radius 2 is 2.31 bits per heavy atom. The average molecular weight is 186 g/mol. The summed E-state index contributed by atoms with van der Waals surface area (Å²) >= 11 is 0. The number of hydrogen-bond donors (Lipinski definition) is 0. The SMILES string of the molecule is COC(=O)CCC1(C)CCCCO1. The highest BCUT2D eigenvalue weighted by atomic mass is 16.5. The molecule has 13 heavy (non-hydrogen) atoms. The lowest BCUT2D eigenvalue weighted by atomic mass is 9.91. The van der Waals surface area contributed by atoms with E-state index < -0.39 is 0 Å². The second-order valence-corrected chi connectivity index (χ2v) is 3.83. The molecule has 0 aromatic carbocycles. The molecule has 1 aliphatic rings. The molecule has 1 saturated heterocycles. The van der Waals surface area contributed by atoms with E-state index in [0.29, 0.717) is 6.42 Å². The number of rotatable bonds is 3. The van der Waals surface area contributed by atoms with E-state index in [1.54, 1.807) is 0 Å². The lowest BCUT2D eigenvalue weighted by Gasteiger charge is -2.33. The standard InChI is InChI=1S/C10H18O3/c1-10(6-3-4-8-13-10)7-5-9(11)12-2/h3-8H2,1-2H3. The van der Waals surface area contributed by atoms with Crippen LogP contribution < -0.4 is 0 Å². The summed E-state index contributed by atoms with van der Waals surface area (Å²) in [5.41, 5.74) is -0.0908. The van der Waals surface area contributed by atoms with Gasteiger partial charge in [0.05, 0.1) is 12.7 Å². The van der Waals surface area contributed by atoms with Crippen LogP contribution in [-0.4, -0.2) is 25.3 Å². The summed E-state index contributed by atoms with van der Waals surface area (Å²) in [5.74, 6) is -0.143. The number of ether oxygens (including phenoxy) is 2. The van der Waals surface area contributed by atoms with Gasteiger partial charge in [-0.2, -0.15) is 0 Å². The third-order valence-electron chi connectivity index (χ3n) is 2.64. The molecule has 0 aromatic heterocycles. The molecule has 0 spiro atoms. The molecule has 0 N–H and O–H groups in total. The van der Waals surface area contributed by atoms with Gasteiger partial charge in [0, 0.05) is 13.0 Å². The largest absolute Gasteiger partial charge is 0.469 e. The number of methoxy groups -OCH3 is 1. The predicted molar refractivity (Wildman–Crippen MR) is 49.5 cm³/mol. The van der Waals surface area contributed by atoms with Crippen molar-refractivity contribution in [1.29, 1.82) is 0 Å². The van der Waals surface area contributed by atoms with Crippen LogP contribution in [0.4, 0.5) is 0 Å². The molecule has 76 valence electrons. The molecule has 0 radical (unpaired) electrons. The summed E-state index contributed by atoms with van der Waals surface area (Å²) < 4.78 is 10.2. The molecule has 1 rings (SSSR count). The van der Waals surface area contributed by atoms with Crippen LogP contribution in [0.2, 0.25) is 0 Å². The molecule has 3 heteroatoms. The molecule has 0 amide bonds. The van der Waals surface area contributed by atoms with Crippen molar-refractivity contribution in [3.8, 4) is 0 Å². The first-order valence-electron chi connectivity index (χ1n) is 4.87. The first-order valence-corrected chi connectivity index (χ1v) is 4.87. The van der Waals surface area contributed by atoms with Crippen molar-refractivity contribution in [1.82, 2.24) is 0 Å². The monoisotopic (exact) mass is 186 g/mol. The van der Waals surface area contributed by atoms with Gasteiger partial charge in [0.2, 0.25) is 0 Å². The van der Waals surface area contributed by atoms with E-state index in [9.17, 15) is 4.79 Å². The van der Waals surface area contributed by atoms with E-state index in [-0.39, 0.29) is 11.6 Å². The lowest BCUT2D eigenvalue weighted by molar-refractivity contribution is -0.143. The van der Waals surface area contributed by atoms with Gasteiger partial charge in [0.25, 0.3) is 0 Å².